The molecular formula is C20H17N3O4. The van der Waals surface area contributed by atoms with E-state index >= 15 is 0 Å². The molecule has 1 heterocycles. The normalized spacial score (nSPS) is 13.5. The van der Waals surface area contributed by atoms with Crippen LogP contribution in [0, 0.1) is 0 Å². The summed E-state index contributed by atoms with van der Waals surface area (Å²) in [5.41, 5.74) is 4.71. The molecule has 1 amide bonds. The number of carboxylic acid groups (broad SMARTS) is 1. The van der Waals surface area contributed by atoms with Crippen LogP contribution in [0.3, 0.4) is 0 Å². The second-order valence-corrected chi connectivity index (χ2v) is 6.25. The van der Waals surface area contributed by atoms with Crippen molar-refractivity contribution >= 4 is 12.1 Å². The molecule has 0 radical (unpaired) electrons. The van der Waals surface area contributed by atoms with Gasteiger partial charge in [-0.1, -0.05) is 48.5 Å². The molecule has 0 aliphatic heterocycles. The second-order valence-electron chi connectivity index (χ2n) is 6.25. The highest BCUT2D eigenvalue weighted by atomic mass is 16.5. The molecule has 7 nitrogen and oxygen atoms in total. The largest absolute Gasteiger partial charge is 0.479 e. The van der Waals surface area contributed by atoms with Gasteiger partial charge in [-0.25, -0.2) is 14.6 Å². The number of hydrogen-bond donors (Lipinski definition) is 3. The van der Waals surface area contributed by atoms with E-state index in [2.05, 4.69) is 15.3 Å². The van der Waals surface area contributed by atoms with Gasteiger partial charge in [-0.15, -0.1) is 0 Å². The SMILES string of the molecule is O=C(N[C@H](C(=O)O)c1cnc[nH]1)OCC1c2ccccc2-c2ccccc21. The lowest BCUT2D eigenvalue weighted by molar-refractivity contribution is -0.139. The fraction of sp³-hybridized carbons (Fsp3) is 0.150. The summed E-state index contributed by atoms with van der Waals surface area (Å²) in [6, 6.07) is 14.8. The highest BCUT2D eigenvalue weighted by Gasteiger charge is 2.30. The van der Waals surface area contributed by atoms with Crippen molar-refractivity contribution in [2.45, 2.75) is 12.0 Å². The highest BCUT2D eigenvalue weighted by Crippen LogP contribution is 2.44. The van der Waals surface area contributed by atoms with Gasteiger partial charge >= 0.3 is 12.1 Å². The Balaban J connectivity index is 1.49. The number of fused-ring (bicyclic) bond motifs is 3. The summed E-state index contributed by atoms with van der Waals surface area (Å²) in [6.45, 7) is 0.120. The van der Waals surface area contributed by atoms with Crippen LogP contribution in [0.4, 0.5) is 4.79 Å². The Bertz CT molecular complexity index is 939. The summed E-state index contributed by atoms with van der Waals surface area (Å²) >= 11 is 0. The fourth-order valence-electron chi connectivity index (χ4n) is 3.45. The van der Waals surface area contributed by atoms with Crippen molar-refractivity contribution in [2.24, 2.45) is 0 Å². The molecule has 4 rings (SSSR count). The molecule has 1 aromatic heterocycles. The van der Waals surface area contributed by atoms with Crippen LogP contribution in [0.2, 0.25) is 0 Å². The molecule has 3 N–H and O–H groups in total. The molecule has 0 unspecified atom stereocenters. The molecule has 1 aliphatic rings. The monoisotopic (exact) mass is 363 g/mol. The second kappa shape index (κ2) is 6.95. The Morgan fingerprint density at radius 3 is 2.30 bits per heavy atom. The van der Waals surface area contributed by atoms with Crippen LogP contribution in [-0.4, -0.2) is 33.7 Å². The third-order valence-corrected chi connectivity index (χ3v) is 4.68. The van der Waals surface area contributed by atoms with E-state index in [4.69, 9.17) is 4.74 Å². The number of carbonyl (C=O) groups excluding carboxylic acids is 1. The maximum absolute atomic E-state index is 12.2. The van der Waals surface area contributed by atoms with Gasteiger partial charge in [0, 0.05) is 5.92 Å². The summed E-state index contributed by atoms with van der Waals surface area (Å²) < 4.78 is 5.37. The van der Waals surface area contributed by atoms with Crippen LogP contribution in [0.5, 0.6) is 0 Å². The summed E-state index contributed by atoms with van der Waals surface area (Å²) in [5.74, 6) is -1.29. The Morgan fingerprint density at radius 1 is 1.11 bits per heavy atom. The number of aromatic amines is 1. The zero-order chi connectivity index (χ0) is 18.8. The summed E-state index contributed by atoms with van der Waals surface area (Å²) in [7, 11) is 0. The van der Waals surface area contributed by atoms with Crippen molar-refractivity contribution < 1.29 is 19.4 Å². The Hall–Kier alpha value is -3.61. The number of hydrogen-bond acceptors (Lipinski definition) is 4. The number of imidazole rings is 1. The highest BCUT2D eigenvalue weighted by molar-refractivity contribution is 5.81. The van der Waals surface area contributed by atoms with Crippen molar-refractivity contribution in [3.63, 3.8) is 0 Å². The van der Waals surface area contributed by atoms with Gasteiger partial charge in [0.15, 0.2) is 6.04 Å². The molecule has 0 saturated heterocycles. The number of ether oxygens (including phenoxy) is 1. The van der Waals surface area contributed by atoms with Crippen LogP contribution in [0.15, 0.2) is 61.1 Å². The Kier molecular flexibility index (Phi) is 4.33. The van der Waals surface area contributed by atoms with E-state index in [9.17, 15) is 14.7 Å². The van der Waals surface area contributed by atoms with Crippen molar-refractivity contribution in [3.8, 4) is 11.1 Å². The van der Waals surface area contributed by atoms with E-state index in [-0.39, 0.29) is 18.2 Å². The number of benzene rings is 2. The van der Waals surface area contributed by atoms with Gasteiger partial charge in [0.05, 0.1) is 18.2 Å². The van der Waals surface area contributed by atoms with E-state index in [1.807, 2.05) is 48.5 Å². The van der Waals surface area contributed by atoms with Crippen molar-refractivity contribution in [3.05, 3.63) is 77.9 Å². The van der Waals surface area contributed by atoms with Crippen LogP contribution < -0.4 is 5.32 Å². The number of carboxylic acids is 1. The molecule has 2 aromatic carbocycles. The lowest BCUT2D eigenvalue weighted by Crippen LogP contribution is -2.35. The van der Waals surface area contributed by atoms with Crippen LogP contribution >= 0.6 is 0 Å². The molecule has 0 bridgehead atoms. The van der Waals surface area contributed by atoms with Crippen molar-refractivity contribution in [2.75, 3.05) is 6.61 Å². The number of rotatable bonds is 5. The van der Waals surface area contributed by atoms with Crippen LogP contribution in [0.25, 0.3) is 11.1 Å². The van der Waals surface area contributed by atoms with Gasteiger partial charge in [0.1, 0.15) is 6.61 Å². The average Bonchev–Trinajstić information content (AvgIpc) is 3.31. The number of carbonyl (C=O) groups is 2. The van der Waals surface area contributed by atoms with Gasteiger partial charge in [-0.05, 0) is 22.3 Å². The molecule has 7 heteroatoms. The maximum atomic E-state index is 12.2. The van der Waals surface area contributed by atoms with Crippen molar-refractivity contribution in [1.29, 1.82) is 0 Å². The zero-order valence-electron chi connectivity index (χ0n) is 14.3. The van der Waals surface area contributed by atoms with Gasteiger partial charge in [0.25, 0.3) is 0 Å². The minimum Gasteiger partial charge on any atom is -0.479 e. The number of nitrogens with zero attached hydrogens (tertiary/aromatic N) is 1. The van der Waals surface area contributed by atoms with Gasteiger partial charge in [-0.2, -0.15) is 0 Å². The first-order valence-corrected chi connectivity index (χ1v) is 8.47. The quantitative estimate of drug-likeness (QED) is 0.646. The smallest absolute Gasteiger partial charge is 0.408 e. The molecule has 0 fully saturated rings. The zero-order valence-corrected chi connectivity index (χ0v) is 14.3. The van der Waals surface area contributed by atoms with E-state index < -0.39 is 18.1 Å². The predicted molar refractivity (Wildman–Crippen MR) is 97.2 cm³/mol. The molecule has 1 atom stereocenters. The molecule has 1 aliphatic carbocycles. The first-order chi connectivity index (χ1) is 13.1. The predicted octanol–water partition coefficient (Wildman–Crippen LogP) is 3.07. The standard InChI is InChI=1S/C20H17N3O4/c24-19(25)18(17-9-21-11-22-17)23-20(26)27-10-16-14-7-3-1-5-12(14)13-6-2-4-8-15(13)16/h1-9,11,16,18H,10H2,(H,21,22)(H,23,26)(H,24,25)/t18-/m0/s1. The maximum Gasteiger partial charge on any atom is 0.408 e. The molecule has 136 valence electrons. The van der Waals surface area contributed by atoms with E-state index in [1.54, 1.807) is 0 Å². The molecule has 3 aromatic rings. The third-order valence-electron chi connectivity index (χ3n) is 4.68. The molecule has 0 spiro atoms. The Labute approximate surface area is 155 Å². The first kappa shape index (κ1) is 16.8. The van der Waals surface area contributed by atoms with Crippen LogP contribution in [0.1, 0.15) is 28.8 Å². The summed E-state index contributed by atoms with van der Waals surface area (Å²) in [4.78, 5) is 30.1. The summed E-state index contributed by atoms with van der Waals surface area (Å²) in [6.07, 6.45) is 1.91. The number of aromatic nitrogens is 2. The topological polar surface area (TPSA) is 104 Å². The lowest BCUT2D eigenvalue weighted by atomic mass is 9.98. The molecule has 0 saturated carbocycles. The Morgan fingerprint density at radius 2 is 1.74 bits per heavy atom. The van der Waals surface area contributed by atoms with E-state index in [1.165, 1.54) is 12.5 Å². The first-order valence-electron chi connectivity index (χ1n) is 8.47. The number of nitrogens with one attached hydrogen (secondary N) is 2. The minimum atomic E-state index is -1.25. The van der Waals surface area contributed by atoms with Gasteiger partial charge < -0.3 is 20.1 Å². The minimum absolute atomic E-state index is 0.0846. The molecular weight excluding hydrogens is 346 g/mol. The number of alkyl carbamates (subject to hydrolysis) is 1. The van der Waals surface area contributed by atoms with Gasteiger partial charge in [-0.3, -0.25) is 0 Å². The van der Waals surface area contributed by atoms with Gasteiger partial charge in [0.2, 0.25) is 0 Å². The summed E-state index contributed by atoms with van der Waals surface area (Å²) in [5, 5.41) is 11.7. The van der Waals surface area contributed by atoms with Crippen LogP contribution in [-0.2, 0) is 9.53 Å². The fourth-order valence-corrected chi connectivity index (χ4v) is 3.45. The number of H-pyrrole nitrogens is 1. The number of aliphatic carboxylic acids is 1. The molecule has 27 heavy (non-hydrogen) atoms. The number of amides is 1. The van der Waals surface area contributed by atoms with E-state index in [0.717, 1.165) is 22.3 Å². The average molecular weight is 363 g/mol. The third kappa shape index (κ3) is 3.15. The lowest BCUT2D eigenvalue weighted by Gasteiger charge is -2.16. The van der Waals surface area contributed by atoms with E-state index in [0.29, 0.717) is 0 Å². The van der Waals surface area contributed by atoms with Crippen molar-refractivity contribution in [1.82, 2.24) is 15.3 Å².